The average molecular weight is 814 g/mol. The van der Waals surface area contributed by atoms with Crippen LogP contribution < -0.4 is 0 Å². The summed E-state index contributed by atoms with van der Waals surface area (Å²) in [5, 5.41) is 0. The van der Waals surface area contributed by atoms with Gasteiger partial charge in [-0.2, -0.15) is 0 Å². The zero-order valence-corrected chi connectivity index (χ0v) is 36.6. The standard InChI is InChI=1S/C47H76NO8P/c1-5-7-9-11-13-15-17-19-21-23-25-27-29-31-33-35-37-39-46(49)53-43-45(44-55-57(51,52)54-42-41-48(3)4)56-47(50)40-38-36-34-32-30-28-26-24-22-20-18-16-14-12-10-8-6-2/h7,9,13-16,19-22,25-28,31-34,45H,5-6,8,10-12,17-18,23-24,29-30,35-44H2,1-4H3,(H,51,52)/b9-7-,15-13-,16-14-,21-19-,22-20-,27-25-,28-26-,33-31-,34-32-. The maximum atomic E-state index is 12.6. The largest absolute Gasteiger partial charge is 0.472 e. The molecule has 0 aliphatic carbocycles. The number of unbranched alkanes of at least 4 members (excludes halogenated alkanes) is 5. The second-order valence-electron chi connectivity index (χ2n) is 13.8. The lowest BCUT2D eigenvalue weighted by molar-refractivity contribution is -0.161. The molecule has 322 valence electrons. The minimum Gasteiger partial charge on any atom is -0.462 e. The van der Waals surface area contributed by atoms with E-state index in [1.807, 2.05) is 26.2 Å². The third kappa shape index (κ3) is 42.1. The highest BCUT2D eigenvalue weighted by Crippen LogP contribution is 2.43. The van der Waals surface area contributed by atoms with Gasteiger partial charge in [-0.3, -0.25) is 18.6 Å². The molecule has 0 aromatic heterocycles. The van der Waals surface area contributed by atoms with Crippen molar-refractivity contribution in [2.45, 2.75) is 136 Å². The zero-order valence-electron chi connectivity index (χ0n) is 35.7. The van der Waals surface area contributed by atoms with Gasteiger partial charge in [-0.25, -0.2) is 4.57 Å². The van der Waals surface area contributed by atoms with Gasteiger partial charge < -0.3 is 19.3 Å². The van der Waals surface area contributed by atoms with Crippen molar-refractivity contribution >= 4 is 19.8 Å². The third-order valence-corrected chi connectivity index (χ3v) is 9.05. The molecule has 0 aliphatic rings. The summed E-state index contributed by atoms with van der Waals surface area (Å²) in [7, 11) is -0.780. The van der Waals surface area contributed by atoms with Crippen LogP contribution in [-0.4, -0.2) is 68.3 Å². The van der Waals surface area contributed by atoms with Gasteiger partial charge in [0, 0.05) is 19.4 Å². The number of likely N-dealkylation sites (N-methyl/N-ethyl adjacent to an activating group) is 1. The van der Waals surface area contributed by atoms with Gasteiger partial charge in [0.15, 0.2) is 6.10 Å². The summed E-state index contributed by atoms with van der Waals surface area (Å²) in [6, 6.07) is 0. The van der Waals surface area contributed by atoms with Crippen LogP contribution in [0.2, 0.25) is 0 Å². The van der Waals surface area contributed by atoms with Gasteiger partial charge in [-0.15, -0.1) is 0 Å². The van der Waals surface area contributed by atoms with Crippen LogP contribution in [0.15, 0.2) is 109 Å². The summed E-state index contributed by atoms with van der Waals surface area (Å²) in [5.41, 5.74) is 0. The lowest BCUT2D eigenvalue weighted by atomic mass is 10.2. The van der Waals surface area contributed by atoms with E-state index < -0.39 is 32.5 Å². The van der Waals surface area contributed by atoms with Crippen molar-refractivity contribution in [2.24, 2.45) is 0 Å². The fraction of sp³-hybridized carbons (Fsp3) is 0.574. The van der Waals surface area contributed by atoms with Crippen LogP contribution in [0.25, 0.3) is 0 Å². The molecule has 0 rings (SSSR count). The van der Waals surface area contributed by atoms with E-state index in [1.165, 1.54) is 19.3 Å². The maximum Gasteiger partial charge on any atom is 0.472 e. The van der Waals surface area contributed by atoms with Crippen molar-refractivity contribution < 1.29 is 37.6 Å². The van der Waals surface area contributed by atoms with E-state index in [9.17, 15) is 19.0 Å². The molecular weight excluding hydrogens is 737 g/mol. The number of carbonyl (C=O) groups is 2. The van der Waals surface area contributed by atoms with Crippen molar-refractivity contribution in [3.05, 3.63) is 109 Å². The molecule has 2 unspecified atom stereocenters. The number of hydrogen-bond donors (Lipinski definition) is 1. The van der Waals surface area contributed by atoms with E-state index in [4.69, 9.17) is 18.5 Å². The molecule has 10 heteroatoms. The molecule has 0 amide bonds. The predicted octanol–water partition coefficient (Wildman–Crippen LogP) is 12.2. The monoisotopic (exact) mass is 814 g/mol. The molecule has 9 nitrogen and oxygen atoms in total. The number of allylic oxidation sites excluding steroid dienone is 18. The molecule has 0 spiro atoms. The van der Waals surface area contributed by atoms with Crippen LogP contribution in [0.4, 0.5) is 0 Å². The fourth-order valence-corrected chi connectivity index (χ4v) is 5.57. The molecule has 0 aliphatic heterocycles. The van der Waals surface area contributed by atoms with E-state index >= 15 is 0 Å². The van der Waals surface area contributed by atoms with Crippen molar-refractivity contribution in [3.63, 3.8) is 0 Å². The SMILES string of the molecule is CC/C=C\C/C=C\C/C=C\C/C=C\C/C=C\CCCC(=O)OCC(COP(=O)(O)OCCN(C)C)OC(=O)CCC/C=C\C/C=C\C/C=C\C/C=C\CCCCC. The number of hydrogen-bond acceptors (Lipinski definition) is 8. The Kier molecular flexibility index (Phi) is 38.5. The first kappa shape index (κ1) is 53.7. The Labute approximate surface area is 346 Å². The third-order valence-electron chi connectivity index (χ3n) is 8.06. The van der Waals surface area contributed by atoms with E-state index in [-0.39, 0.29) is 26.1 Å². The van der Waals surface area contributed by atoms with Crippen LogP contribution in [0.1, 0.15) is 129 Å². The number of ether oxygens (including phenoxy) is 2. The fourth-order valence-electron chi connectivity index (χ4n) is 4.83. The lowest BCUT2D eigenvalue weighted by Crippen LogP contribution is -2.29. The molecule has 57 heavy (non-hydrogen) atoms. The first-order chi connectivity index (χ1) is 27.7. The number of phosphoric ester groups is 1. The van der Waals surface area contributed by atoms with Crippen molar-refractivity contribution in [1.29, 1.82) is 0 Å². The number of phosphoric acid groups is 1. The molecule has 0 aromatic carbocycles. The first-order valence-corrected chi connectivity index (χ1v) is 22.7. The van der Waals surface area contributed by atoms with Gasteiger partial charge in [-0.1, -0.05) is 136 Å². The van der Waals surface area contributed by atoms with Crippen LogP contribution in [0, 0.1) is 0 Å². The molecule has 0 bridgehead atoms. The summed E-state index contributed by atoms with van der Waals surface area (Å²) in [5.74, 6) is -0.950. The van der Waals surface area contributed by atoms with Crippen molar-refractivity contribution in [1.82, 2.24) is 4.90 Å². The Bertz CT molecular complexity index is 1310. The maximum absolute atomic E-state index is 12.6. The topological polar surface area (TPSA) is 112 Å². The highest BCUT2D eigenvalue weighted by Gasteiger charge is 2.26. The number of carbonyl (C=O) groups excluding carboxylic acids is 2. The first-order valence-electron chi connectivity index (χ1n) is 21.2. The molecule has 1 N–H and O–H groups in total. The molecule has 2 atom stereocenters. The second-order valence-corrected chi connectivity index (χ2v) is 15.2. The second kappa shape index (κ2) is 40.9. The predicted molar refractivity (Wildman–Crippen MR) is 238 cm³/mol. The Morgan fingerprint density at radius 2 is 0.982 bits per heavy atom. The minimum absolute atomic E-state index is 0.0183. The van der Waals surface area contributed by atoms with Gasteiger partial charge in [0.25, 0.3) is 0 Å². The summed E-state index contributed by atoms with van der Waals surface area (Å²) in [6.07, 6.45) is 52.9. The Hall–Kier alpha value is -3.33. The van der Waals surface area contributed by atoms with Gasteiger partial charge >= 0.3 is 19.8 Å². The molecule has 0 aromatic rings. The number of nitrogens with zero attached hydrogens (tertiary/aromatic N) is 1. The number of rotatable bonds is 37. The Morgan fingerprint density at radius 3 is 1.42 bits per heavy atom. The van der Waals surface area contributed by atoms with Crippen LogP contribution in [0.5, 0.6) is 0 Å². The van der Waals surface area contributed by atoms with Gasteiger partial charge in [0.1, 0.15) is 6.61 Å². The molecule has 0 saturated carbocycles. The van der Waals surface area contributed by atoms with E-state index in [0.29, 0.717) is 25.8 Å². The van der Waals surface area contributed by atoms with Crippen LogP contribution in [-0.2, 0) is 32.7 Å². The summed E-state index contributed by atoms with van der Waals surface area (Å²) in [6.45, 7) is 4.01. The quantitative estimate of drug-likeness (QED) is 0.0283. The van der Waals surface area contributed by atoms with E-state index in [0.717, 1.165) is 64.2 Å². The summed E-state index contributed by atoms with van der Waals surface area (Å²) >= 11 is 0. The van der Waals surface area contributed by atoms with Crippen LogP contribution >= 0.6 is 7.82 Å². The van der Waals surface area contributed by atoms with E-state index in [2.05, 4.69) is 111 Å². The summed E-state index contributed by atoms with van der Waals surface area (Å²) in [4.78, 5) is 36.9. The van der Waals surface area contributed by atoms with Crippen molar-refractivity contribution in [2.75, 3.05) is 40.5 Å². The molecule has 0 fully saturated rings. The van der Waals surface area contributed by atoms with Gasteiger partial charge in [0.05, 0.1) is 13.2 Å². The van der Waals surface area contributed by atoms with E-state index in [1.54, 1.807) is 4.90 Å². The Balaban J connectivity index is 4.53. The highest BCUT2D eigenvalue weighted by molar-refractivity contribution is 7.47. The molecule has 0 saturated heterocycles. The molecule has 0 radical (unpaired) electrons. The molecular formula is C47H76NO8P. The average Bonchev–Trinajstić information content (AvgIpc) is 3.18. The number of esters is 2. The van der Waals surface area contributed by atoms with Gasteiger partial charge in [0.2, 0.25) is 0 Å². The van der Waals surface area contributed by atoms with Gasteiger partial charge in [-0.05, 0) is 104 Å². The van der Waals surface area contributed by atoms with Crippen molar-refractivity contribution in [3.8, 4) is 0 Å². The normalized spacial score (nSPS) is 14.5. The highest BCUT2D eigenvalue weighted by atomic mass is 31.2. The Morgan fingerprint density at radius 1 is 0.561 bits per heavy atom. The minimum atomic E-state index is -4.40. The van der Waals surface area contributed by atoms with Crippen LogP contribution in [0.3, 0.4) is 0 Å². The smallest absolute Gasteiger partial charge is 0.462 e. The molecule has 0 heterocycles. The lowest BCUT2D eigenvalue weighted by Gasteiger charge is -2.20. The zero-order chi connectivity index (χ0) is 41.9. The summed E-state index contributed by atoms with van der Waals surface area (Å²) < 4.78 is 33.3.